The summed E-state index contributed by atoms with van der Waals surface area (Å²) < 4.78 is 33.8. The summed E-state index contributed by atoms with van der Waals surface area (Å²) in [6.07, 6.45) is 3.70. The van der Waals surface area contributed by atoms with E-state index in [4.69, 9.17) is 10.5 Å². The summed E-state index contributed by atoms with van der Waals surface area (Å²) in [5.74, 6) is -1.67. The Bertz CT molecular complexity index is 1430. The minimum absolute atomic E-state index is 0.184. The molecular weight excluding hydrogens is 508 g/mol. The molecular formula is C26H30F2N9O2+. The average molecular weight is 539 g/mol. The number of carbonyl (C=O) groups is 1. The highest BCUT2D eigenvalue weighted by molar-refractivity contribution is 5.90. The SMILES string of the molecule is CN1CCN(CCCOc2ccc3c(NC4=C[N+](CC(N)=O)(c5cccc(F)c5F)N=N4)ncnc3c2)CC1. The summed E-state index contributed by atoms with van der Waals surface area (Å²) in [7, 11) is 2.14. The lowest BCUT2D eigenvalue weighted by Gasteiger charge is -2.32. The zero-order chi connectivity index (χ0) is 27.4. The van der Waals surface area contributed by atoms with E-state index in [1.165, 1.54) is 24.7 Å². The average Bonchev–Trinajstić information content (AvgIpc) is 3.31. The van der Waals surface area contributed by atoms with Crippen molar-refractivity contribution in [3.63, 3.8) is 0 Å². The molecule has 0 bridgehead atoms. The Morgan fingerprint density at radius 1 is 1.15 bits per heavy atom. The Morgan fingerprint density at radius 2 is 1.97 bits per heavy atom. The van der Waals surface area contributed by atoms with Gasteiger partial charge < -0.3 is 25.6 Å². The Kier molecular flexibility index (Phi) is 7.72. The van der Waals surface area contributed by atoms with Gasteiger partial charge in [-0.1, -0.05) is 11.2 Å². The number of piperazine rings is 1. The fourth-order valence-corrected chi connectivity index (χ4v) is 4.65. The van der Waals surface area contributed by atoms with Crippen molar-refractivity contribution >= 4 is 28.3 Å². The largest absolute Gasteiger partial charge is 0.493 e. The molecule has 1 atom stereocenters. The van der Waals surface area contributed by atoms with Crippen LogP contribution in [0.1, 0.15) is 6.42 Å². The van der Waals surface area contributed by atoms with Gasteiger partial charge in [-0.2, -0.15) is 4.39 Å². The normalized spacial score (nSPS) is 19.8. The molecule has 3 heterocycles. The van der Waals surface area contributed by atoms with Gasteiger partial charge in [0.05, 0.1) is 12.1 Å². The number of hydrogen-bond acceptors (Lipinski definition) is 9. The van der Waals surface area contributed by atoms with Crippen LogP contribution in [0.4, 0.5) is 20.3 Å². The molecule has 2 aliphatic heterocycles. The van der Waals surface area contributed by atoms with Gasteiger partial charge in [0.2, 0.25) is 17.3 Å². The molecule has 13 heteroatoms. The Morgan fingerprint density at radius 3 is 2.77 bits per heavy atom. The number of carbonyl (C=O) groups excluding carboxylic acids is 1. The van der Waals surface area contributed by atoms with Crippen molar-refractivity contribution in [2.45, 2.75) is 6.42 Å². The Labute approximate surface area is 224 Å². The first-order chi connectivity index (χ1) is 18.8. The van der Waals surface area contributed by atoms with Gasteiger partial charge in [-0.3, -0.25) is 4.79 Å². The molecule has 5 rings (SSSR count). The number of nitrogens with one attached hydrogen (secondary N) is 1. The van der Waals surface area contributed by atoms with Crippen LogP contribution in [0.2, 0.25) is 0 Å². The van der Waals surface area contributed by atoms with Gasteiger partial charge in [0.25, 0.3) is 5.91 Å². The van der Waals surface area contributed by atoms with Gasteiger partial charge in [-0.25, -0.2) is 14.4 Å². The van der Waals surface area contributed by atoms with Crippen molar-refractivity contribution in [1.82, 2.24) is 24.4 Å². The van der Waals surface area contributed by atoms with Crippen molar-refractivity contribution in [1.29, 1.82) is 0 Å². The van der Waals surface area contributed by atoms with Gasteiger partial charge in [-0.05, 0) is 31.7 Å². The first-order valence-electron chi connectivity index (χ1n) is 12.7. The number of nitrogens with zero attached hydrogens (tertiary/aromatic N) is 7. The number of fused-ring (bicyclic) bond motifs is 1. The number of likely N-dealkylation sites (N-methyl/N-ethyl adjacent to an activating group) is 1. The second-order valence-electron chi connectivity index (χ2n) is 9.60. The number of rotatable bonds is 10. The number of aromatic nitrogens is 2. The van der Waals surface area contributed by atoms with Gasteiger partial charge in [0.1, 0.15) is 17.9 Å². The molecule has 1 amide bonds. The number of halogens is 2. The maximum Gasteiger partial charge on any atom is 0.276 e. The fourth-order valence-electron chi connectivity index (χ4n) is 4.65. The molecule has 1 unspecified atom stereocenters. The highest BCUT2D eigenvalue weighted by Crippen LogP contribution is 2.35. The number of amides is 1. The maximum atomic E-state index is 14.6. The molecule has 0 saturated carbocycles. The van der Waals surface area contributed by atoms with E-state index in [-0.39, 0.29) is 11.5 Å². The summed E-state index contributed by atoms with van der Waals surface area (Å²) in [6.45, 7) is 5.48. The van der Waals surface area contributed by atoms with E-state index in [0.29, 0.717) is 29.1 Å². The van der Waals surface area contributed by atoms with Crippen LogP contribution in [-0.2, 0) is 4.79 Å². The molecule has 2 aliphatic rings. The van der Waals surface area contributed by atoms with Gasteiger partial charge in [0, 0.05) is 55.5 Å². The first-order valence-corrected chi connectivity index (χ1v) is 12.7. The van der Waals surface area contributed by atoms with Gasteiger partial charge >= 0.3 is 0 Å². The first kappa shape index (κ1) is 26.5. The van der Waals surface area contributed by atoms with Crippen LogP contribution in [-0.4, -0.2) is 78.6 Å². The summed E-state index contributed by atoms with van der Waals surface area (Å²) >= 11 is 0. The van der Waals surface area contributed by atoms with Crippen molar-refractivity contribution < 1.29 is 18.3 Å². The van der Waals surface area contributed by atoms with Crippen LogP contribution in [0.5, 0.6) is 5.75 Å². The molecule has 3 N–H and O–H groups in total. The smallest absolute Gasteiger partial charge is 0.276 e. The third-order valence-electron chi connectivity index (χ3n) is 6.73. The molecule has 1 saturated heterocycles. The van der Waals surface area contributed by atoms with Crippen LogP contribution in [0.15, 0.2) is 65.1 Å². The molecule has 1 aromatic heterocycles. The molecule has 11 nitrogen and oxygen atoms in total. The van der Waals surface area contributed by atoms with Gasteiger partial charge in [0.15, 0.2) is 18.6 Å². The van der Waals surface area contributed by atoms with Crippen molar-refractivity contribution in [3.05, 3.63) is 66.4 Å². The number of benzene rings is 2. The van der Waals surface area contributed by atoms with Crippen LogP contribution in [0, 0.1) is 11.6 Å². The van der Waals surface area contributed by atoms with E-state index in [9.17, 15) is 13.6 Å². The second kappa shape index (κ2) is 11.4. The lowest BCUT2D eigenvalue weighted by molar-refractivity contribution is -0.118. The van der Waals surface area contributed by atoms with Crippen LogP contribution < -0.4 is 20.4 Å². The fraction of sp³-hybridized carbons (Fsp3) is 0.346. The highest BCUT2D eigenvalue weighted by atomic mass is 19.2. The van der Waals surface area contributed by atoms with Gasteiger partial charge in [-0.15, -0.1) is 4.59 Å². The van der Waals surface area contributed by atoms with Crippen LogP contribution in [0.25, 0.3) is 10.9 Å². The number of quaternary nitrogens is 1. The summed E-state index contributed by atoms with van der Waals surface area (Å²) in [5, 5.41) is 11.9. The number of primary amides is 1. The predicted octanol–water partition coefficient (Wildman–Crippen LogP) is 3.01. The monoisotopic (exact) mass is 538 g/mol. The molecule has 0 radical (unpaired) electrons. The lowest BCUT2D eigenvalue weighted by Crippen LogP contribution is -2.44. The van der Waals surface area contributed by atoms with Crippen molar-refractivity contribution in [2.75, 3.05) is 58.2 Å². The predicted molar refractivity (Wildman–Crippen MR) is 142 cm³/mol. The Hall–Kier alpha value is -4.07. The Balaban J connectivity index is 1.28. The molecule has 0 aliphatic carbocycles. The zero-order valence-corrected chi connectivity index (χ0v) is 21.6. The van der Waals surface area contributed by atoms with E-state index >= 15 is 0 Å². The number of anilines is 1. The second-order valence-corrected chi connectivity index (χ2v) is 9.60. The van der Waals surface area contributed by atoms with E-state index in [2.05, 4.69) is 42.5 Å². The van der Waals surface area contributed by atoms with Crippen LogP contribution >= 0.6 is 0 Å². The maximum absolute atomic E-state index is 14.6. The number of ether oxygens (including phenoxy) is 1. The minimum atomic E-state index is -1.14. The molecule has 204 valence electrons. The van der Waals surface area contributed by atoms with E-state index in [0.717, 1.165) is 45.2 Å². The third kappa shape index (κ3) is 6.00. The number of nitrogens with two attached hydrogens (primary N) is 1. The topological polar surface area (TPSA) is 121 Å². The molecule has 0 spiro atoms. The van der Waals surface area contributed by atoms with Crippen LogP contribution in [0.3, 0.4) is 0 Å². The quantitative estimate of drug-likeness (QED) is 0.301. The third-order valence-corrected chi connectivity index (χ3v) is 6.73. The zero-order valence-electron chi connectivity index (χ0n) is 21.6. The summed E-state index contributed by atoms with van der Waals surface area (Å²) in [6, 6.07) is 9.14. The molecule has 1 fully saturated rings. The molecule has 39 heavy (non-hydrogen) atoms. The van der Waals surface area contributed by atoms with E-state index in [1.54, 1.807) is 0 Å². The van der Waals surface area contributed by atoms with E-state index < -0.39 is 28.7 Å². The molecule has 3 aromatic rings. The minimum Gasteiger partial charge on any atom is -0.493 e. The standard InChI is InChI=1S/C26H29F2N9O2/c1-35-9-11-36(12-10-35)8-3-13-39-18-6-7-19-21(14-18)30-17-31-26(19)32-24-16-37(34-33-24,15-23(29)38)22-5-2-4-20(27)25(22)28/h2,4-7,14,16-17H,3,8-13,15H2,1H3,(H2-,29,30,31,32,38)/p+1. The summed E-state index contributed by atoms with van der Waals surface area (Å²) in [5.41, 5.74) is 5.85. The lowest BCUT2D eigenvalue weighted by atomic mass is 10.2. The van der Waals surface area contributed by atoms with E-state index in [1.807, 2.05) is 18.2 Å². The van der Waals surface area contributed by atoms with Crippen molar-refractivity contribution in [3.8, 4) is 5.75 Å². The number of hydrogen-bond donors (Lipinski definition) is 2. The molecule has 2 aromatic carbocycles. The highest BCUT2D eigenvalue weighted by Gasteiger charge is 2.40. The summed E-state index contributed by atoms with van der Waals surface area (Å²) in [4.78, 5) is 25.2. The van der Waals surface area contributed by atoms with Crippen molar-refractivity contribution in [2.24, 2.45) is 16.1 Å².